The molecule has 0 unspecified atom stereocenters. The van der Waals surface area contributed by atoms with Crippen LogP contribution in [0.15, 0.2) is 17.8 Å². The van der Waals surface area contributed by atoms with Gasteiger partial charge in [-0.25, -0.2) is 0 Å². The molecule has 23 heavy (non-hydrogen) atoms. The van der Waals surface area contributed by atoms with E-state index in [0.29, 0.717) is 6.54 Å². The average Bonchev–Trinajstić information content (AvgIpc) is 2.95. The number of piperidine rings is 1. The van der Waals surface area contributed by atoms with E-state index in [2.05, 4.69) is 31.6 Å². The molecule has 1 aliphatic heterocycles. The predicted molar refractivity (Wildman–Crippen MR) is 93.6 cm³/mol. The van der Waals surface area contributed by atoms with E-state index < -0.39 is 0 Å². The highest BCUT2D eigenvalue weighted by molar-refractivity contribution is 8.00. The number of aromatic nitrogens is 3. The first-order valence-electron chi connectivity index (χ1n) is 8.29. The van der Waals surface area contributed by atoms with Gasteiger partial charge in [-0.15, -0.1) is 16.8 Å². The minimum absolute atomic E-state index is 0.00183. The Balaban J connectivity index is 2.01. The quantitative estimate of drug-likeness (QED) is 0.578. The van der Waals surface area contributed by atoms with Gasteiger partial charge in [0.1, 0.15) is 5.82 Å². The molecule has 1 saturated heterocycles. The van der Waals surface area contributed by atoms with E-state index in [9.17, 15) is 4.79 Å². The van der Waals surface area contributed by atoms with Crippen molar-refractivity contribution < 1.29 is 4.79 Å². The highest BCUT2D eigenvalue weighted by Crippen LogP contribution is 2.23. The maximum Gasteiger partial charge on any atom is 0.233 e. The van der Waals surface area contributed by atoms with Crippen molar-refractivity contribution in [2.45, 2.75) is 49.6 Å². The Morgan fingerprint density at radius 3 is 2.78 bits per heavy atom. The van der Waals surface area contributed by atoms with Gasteiger partial charge in [-0.1, -0.05) is 24.3 Å². The smallest absolute Gasteiger partial charge is 0.233 e. The average molecular weight is 337 g/mol. The van der Waals surface area contributed by atoms with Crippen LogP contribution in [0, 0.1) is 0 Å². The van der Waals surface area contributed by atoms with Gasteiger partial charge in [-0.2, -0.15) is 0 Å². The molecule has 0 radical (unpaired) electrons. The zero-order chi connectivity index (χ0) is 16.7. The fourth-order valence-electron chi connectivity index (χ4n) is 2.76. The highest BCUT2D eigenvalue weighted by Gasteiger charge is 2.19. The third kappa shape index (κ3) is 5.07. The maximum atomic E-state index is 11.7. The molecule has 7 heteroatoms. The molecule has 6 nitrogen and oxygen atoms in total. The molecular formula is C16H27N5OS. The molecule has 1 aliphatic rings. The van der Waals surface area contributed by atoms with Crippen molar-refractivity contribution >= 4 is 17.7 Å². The highest BCUT2D eigenvalue weighted by atomic mass is 32.2. The summed E-state index contributed by atoms with van der Waals surface area (Å²) in [6.45, 7) is 9.76. The first-order chi connectivity index (χ1) is 11.2. The van der Waals surface area contributed by atoms with Crippen LogP contribution in [0.1, 0.15) is 32.0 Å². The number of carbonyl (C=O) groups excluding carboxylic acids is 1. The standard InChI is InChI=1S/C16H27N5OS/c1-4-9-21-14(8-12-20-10-6-5-7-11-20)18-19-16(21)23-13(2)15(22)17-3/h4,13H,1,5-12H2,2-3H3,(H,17,22)/t13-/m0/s1. The lowest BCUT2D eigenvalue weighted by molar-refractivity contribution is -0.119. The molecule has 2 rings (SSSR count). The van der Waals surface area contributed by atoms with Crippen LogP contribution in [0.4, 0.5) is 0 Å². The van der Waals surface area contributed by atoms with Gasteiger partial charge < -0.3 is 14.8 Å². The van der Waals surface area contributed by atoms with E-state index in [0.717, 1.165) is 23.9 Å². The largest absolute Gasteiger partial charge is 0.358 e. The number of nitrogens with one attached hydrogen (secondary N) is 1. The first kappa shape index (κ1) is 18.0. The summed E-state index contributed by atoms with van der Waals surface area (Å²) in [5.74, 6) is 0.972. The molecule has 0 spiro atoms. The van der Waals surface area contributed by atoms with Crippen LogP contribution in [-0.2, 0) is 17.8 Å². The van der Waals surface area contributed by atoms with Crippen LogP contribution in [0.3, 0.4) is 0 Å². The van der Waals surface area contributed by atoms with E-state index in [1.165, 1.54) is 44.1 Å². The number of thioether (sulfide) groups is 1. The molecular weight excluding hydrogens is 310 g/mol. The number of hydrogen-bond donors (Lipinski definition) is 1. The third-order valence-corrected chi connectivity index (χ3v) is 5.18. The van der Waals surface area contributed by atoms with Crippen molar-refractivity contribution in [3.05, 3.63) is 18.5 Å². The fourth-order valence-corrected chi connectivity index (χ4v) is 3.70. The molecule has 1 N–H and O–H groups in total. The molecule has 0 bridgehead atoms. The SMILES string of the molecule is C=CCn1c(CCN2CCCCC2)nnc1S[C@@H](C)C(=O)NC. The molecule has 0 saturated carbocycles. The van der Waals surface area contributed by atoms with E-state index >= 15 is 0 Å². The Morgan fingerprint density at radius 2 is 2.13 bits per heavy atom. The number of nitrogens with zero attached hydrogens (tertiary/aromatic N) is 4. The topological polar surface area (TPSA) is 63.1 Å². The Kier molecular flexibility index (Phi) is 7.11. The molecule has 0 aromatic carbocycles. The number of hydrogen-bond acceptors (Lipinski definition) is 5. The van der Waals surface area contributed by atoms with Gasteiger partial charge in [-0.05, 0) is 32.9 Å². The van der Waals surface area contributed by atoms with Crippen LogP contribution >= 0.6 is 11.8 Å². The van der Waals surface area contributed by atoms with Crippen molar-refractivity contribution in [2.24, 2.45) is 0 Å². The summed E-state index contributed by atoms with van der Waals surface area (Å²) < 4.78 is 2.07. The molecule has 2 heterocycles. The normalized spacial score (nSPS) is 17.0. The summed E-state index contributed by atoms with van der Waals surface area (Å²) in [6, 6.07) is 0. The summed E-state index contributed by atoms with van der Waals surface area (Å²) in [6.07, 6.45) is 6.67. The Labute approximate surface area is 142 Å². The van der Waals surface area contributed by atoms with Crippen LogP contribution in [0.5, 0.6) is 0 Å². The predicted octanol–water partition coefficient (Wildman–Crippen LogP) is 1.72. The van der Waals surface area contributed by atoms with Gasteiger partial charge in [0.2, 0.25) is 5.91 Å². The van der Waals surface area contributed by atoms with Crippen molar-refractivity contribution in [2.75, 3.05) is 26.7 Å². The summed E-state index contributed by atoms with van der Waals surface area (Å²) in [7, 11) is 1.65. The molecule has 1 atom stereocenters. The molecule has 128 valence electrons. The fraction of sp³-hybridized carbons (Fsp3) is 0.688. The van der Waals surface area contributed by atoms with Crippen molar-refractivity contribution in [1.29, 1.82) is 0 Å². The minimum Gasteiger partial charge on any atom is -0.358 e. The summed E-state index contributed by atoms with van der Waals surface area (Å²) in [5.41, 5.74) is 0. The second-order valence-electron chi connectivity index (χ2n) is 5.82. The third-order valence-electron chi connectivity index (χ3n) is 4.10. The zero-order valence-corrected chi connectivity index (χ0v) is 14.9. The number of rotatable bonds is 8. The van der Waals surface area contributed by atoms with Gasteiger partial charge in [0.15, 0.2) is 5.16 Å². The Hall–Kier alpha value is -1.34. The van der Waals surface area contributed by atoms with Gasteiger partial charge in [0, 0.05) is 26.6 Å². The molecule has 1 amide bonds. The summed E-state index contributed by atoms with van der Waals surface area (Å²) >= 11 is 1.44. The lowest BCUT2D eigenvalue weighted by atomic mass is 10.1. The van der Waals surface area contributed by atoms with Crippen molar-refractivity contribution in [3.8, 4) is 0 Å². The molecule has 1 aromatic heterocycles. The van der Waals surface area contributed by atoms with Crippen LogP contribution in [0.2, 0.25) is 0 Å². The van der Waals surface area contributed by atoms with Gasteiger partial charge in [0.05, 0.1) is 5.25 Å². The lowest BCUT2D eigenvalue weighted by Gasteiger charge is -2.26. The van der Waals surface area contributed by atoms with Crippen molar-refractivity contribution in [1.82, 2.24) is 25.0 Å². The van der Waals surface area contributed by atoms with Gasteiger partial charge in [0.25, 0.3) is 0 Å². The molecule has 1 fully saturated rings. The van der Waals surface area contributed by atoms with E-state index in [1.807, 2.05) is 13.0 Å². The zero-order valence-electron chi connectivity index (χ0n) is 14.1. The molecule has 1 aromatic rings. The second-order valence-corrected chi connectivity index (χ2v) is 7.13. The number of amides is 1. The summed E-state index contributed by atoms with van der Waals surface area (Å²) in [4.78, 5) is 14.2. The number of allylic oxidation sites excluding steroid dienone is 1. The second kappa shape index (κ2) is 9.08. The van der Waals surface area contributed by atoms with Gasteiger partial charge >= 0.3 is 0 Å². The van der Waals surface area contributed by atoms with Crippen molar-refractivity contribution in [3.63, 3.8) is 0 Å². The lowest BCUT2D eigenvalue weighted by Crippen LogP contribution is -2.32. The van der Waals surface area contributed by atoms with E-state index in [-0.39, 0.29) is 11.2 Å². The Morgan fingerprint density at radius 1 is 1.39 bits per heavy atom. The number of carbonyl (C=O) groups is 1. The van der Waals surface area contributed by atoms with Gasteiger partial charge in [-0.3, -0.25) is 4.79 Å². The molecule has 0 aliphatic carbocycles. The number of likely N-dealkylation sites (tertiary alicyclic amines) is 1. The van der Waals surface area contributed by atoms with Crippen LogP contribution in [0.25, 0.3) is 0 Å². The maximum absolute atomic E-state index is 11.7. The van der Waals surface area contributed by atoms with Crippen LogP contribution in [-0.4, -0.2) is 57.5 Å². The summed E-state index contributed by atoms with van der Waals surface area (Å²) in [5, 5.41) is 11.9. The van der Waals surface area contributed by atoms with Crippen LogP contribution < -0.4 is 5.32 Å². The Bertz CT molecular complexity index is 525. The van der Waals surface area contributed by atoms with E-state index in [1.54, 1.807) is 7.05 Å². The monoisotopic (exact) mass is 337 g/mol. The van der Waals surface area contributed by atoms with E-state index in [4.69, 9.17) is 0 Å². The first-order valence-corrected chi connectivity index (χ1v) is 9.17. The minimum atomic E-state index is -0.192.